The van der Waals surface area contributed by atoms with E-state index in [0.717, 1.165) is 11.1 Å². The molecule has 24 heavy (non-hydrogen) atoms. The van der Waals surface area contributed by atoms with Gasteiger partial charge in [0.15, 0.2) is 17.4 Å². The highest BCUT2D eigenvalue weighted by atomic mass is 32.1. The van der Waals surface area contributed by atoms with Crippen molar-refractivity contribution >= 4 is 23.0 Å². The zero-order valence-electron chi connectivity index (χ0n) is 14.4. The van der Waals surface area contributed by atoms with Gasteiger partial charge in [-0.2, -0.15) is 4.57 Å². The van der Waals surface area contributed by atoms with E-state index in [-0.39, 0.29) is 5.78 Å². The summed E-state index contributed by atoms with van der Waals surface area (Å²) in [6.45, 7) is 10.3. The molecule has 124 valence electrons. The normalized spacial score (nSPS) is 11.6. The summed E-state index contributed by atoms with van der Waals surface area (Å²) in [5.41, 5.74) is 4.00. The standard InChI is InChI=1S/C20H22N2OS/c1-5-10-21-20(24)18(22-11-6-7-14(2)13-22)19(23)17-9-8-15(3)16(4)12-17/h5-9,11-13,18H,1,10H2,2-4H3/p+1/t18-/m1/s1. The first-order valence-corrected chi connectivity index (χ1v) is 8.32. The third-order valence-corrected chi connectivity index (χ3v) is 4.34. The first kappa shape index (κ1) is 18.0. The predicted molar refractivity (Wildman–Crippen MR) is 101 cm³/mol. The van der Waals surface area contributed by atoms with E-state index < -0.39 is 6.04 Å². The van der Waals surface area contributed by atoms with Crippen LogP contribution in [0.1, 0.15) is 33.1 Å². The molecule has 0 aliphatic rings. The van der Waals surface area contributed by atoms with Gasteiger partial charge in [-0.05, 0) is 44.0 Å². The van der Waals surface area contributed by atoms with E-state index >= 15 is 0 Å². The van der Waals surface area contributed by atoms with Crippen molar-refractivity contribution in [3.63, 3.8) is 0 Å². The molecule has 0 aliphatic carbocycles. The molecule has 4 heteroatoms. The minimum Gasteiger partial charge on any atom is -0.370 e. The summed E-state index contributed by atoms with van der Waals surface area (Å²) in [6.07, 6.45) is 5.54. The summed E-state index contributed by atoms with van der Waals surface area (Å²) >= 11 is 5.50. The summed E-state index contributed by atoms with van der Waals surface area (Å²) in [6, 6.07) is 9.12. The lowest BCUT2D eigenvalue weighted by Gasteiger charge is -2.15. The van der Waals surface area contributed by atoms with Gasteiger partial charge in [-0.25, -0.2) is 0 Å². The number of carbonyl (C=O) groups excluding carboxylic acids is 1. The van der Waals surface area contributed by atoms with Crippen molar-refractivity contribution in [3.8, 4) is 0 Å². The molecular weight excluding hydrogens is 316 g/mol. The number of aromatic nitrogens is 1. The fourth-order valence-corrected chi connectivity index (χ4v) is 2.80. The van der Waals surface area contributed by atoms with Crippen molar-refractivity contribution in [3.05, 3.63) is 77.6 Å². The summed E-state index contributed by atoms with van der Waals surface area (Å²) in [5.74, 6) is -0.0183. The molecule has 1 atom stereocenters. The van der Waals surface area contributed by atoms with Crippen LogP contribution in [-0.4, -0.2) is 17.3 Å². The Labute approximate surface area is 149 Å². The third-order valence-electron chi connectivity index (χ3n) is 3.98. The zero-order chi connectivity index (χ0) is 17.7. The van der Waals surface area contributed by atoms with Crippen molar-refractivity contribution < 1.29 is 9.36 Å². The number of pyridine rings is 1. The van der Waals surface area contributed by atoms with Crippen LogP contribution in [0.15, 0.2) is 55.4 Å². The molecule has 1 heterocycles. The maximum atomic E-state index is 13.2. The molecule has 0 saturated carbocycles. The molecule has 2 aromatic rings. The average Bonchev–Trinajstić information content (AvgIpc) is 2.55. The molecule has 1 aromatic carbocycles. The number of carbonyl (C=O) groups is 1. The van der Waals surface area contributed by atoms with Crippen LogP contribution in [-0.2, 0) is 0 Å². The highest BCUT2D eigenvalue weighted by Crippen LogP contribution is 2.15. The van der Waals surface area contributed by atoms with Crippen LogP contribution in [0.5, 0.6) is 0 Å². The molecule has 2 rings (SSSR count). The Morgan fingerprint density at radius 3 is 2.67 bits per heavy atom. The van der Waals surface area contributed by atoms with Crippen LogP contribution >= 0.6 is 12.2 Å². The lowest BCUT2D eigenvalue weighted by atomic mass is 9.99. The molecule has 0 saturated heterocycles. The maximum Gasteiger partial charge on any atom is 0.270 e. The Morgan fingerprint density at radius 1 is 1.29 bits per heavy atom. The molecule has 0 radical (unpaired) electrons. The molecule has 0 aliphatic heterocycles. The molecule has 3 nitrogen and oxygen atoms in total. The van der Waals surface area contributed by atoms with Gasteiger partial charge in [0.25, 0.3) is 6.04 Å². The Hall–Kier alpha value is -2.33. The highest BCUT2D eigenvalue weighted by Gasteiger charge is 2.33. The van der Waals surface area contributed by atoms with Crippen LogP contribution < -0.4 is 9.88 Å². The van der Waals surface area contributed by atoms with E-state index in [1.54, 1.807) is 6.08 Å². The number of rotatable bonds is 6. The second-order valence-corrected chi connectivity index (χ2v) is 6.37. The second-order valence-electron chi connectivity index (χ2n) is 5.93. The summed E-state index contributed by atoms with van der Waals surface area (Å²) in [5, 5.41) is 3.10. The quantitative estimate of drug-likeness (QED) is 0.379. The highest BCUT2D eigenvalue weighted by molar-refractivity contribution is 7.80. The fraction of sp³-hybridized carbons (Fsp3) is 0.250. The van der Waals surface area contributed by atoms with Crippen LogP contribution in [0.25, 0.3) is 0 Å². The number of hydrogen-bond acceptors (Lipinski definition) is 2. The lowest BCUT2D eigenvalue weighted by molar-refractivity contribution is -0.692. The van der Waals surface area contributed by atoms with E-state index in [0.29, 0.717) is 17.1 Å². The van der Waals surface area contributed by atoms with Gasteiger partial charge in [0.05, 0.1) is 0 Å². The van der Waals surface area contributed by atoms with E-state index in [1.807, 2.05) is 68.1 Å². The molecule has 0 spiro atoms. The van der Waals surface area contributed by atoms with Crippen molar-refractivity contribution in [1.82, 2.24) is 5.32 Å². The first-order valence-electron chi connectivity index (χ1n) is 7.91. The number of nitrogens with zero attached hydrogens (tertiary/aromatic N) is 1. The summed E-state index contributed by atoms with van der Waals surface area (Å²) in [4.78, 5) is 13.6. The van der Waals surface area contributed by atoms with Gasteiger partial charge in [-0.15, -0.1) is 6.58 Å². The van der Waals surface area contributed by atoms with Gasteiger partial charge in [-0.3, -0.25) is 4.79 Å². The molecule has 0 amide bonds. The smallest absolute Gasteiger partial charge is 0.270 e. The number of nitrogens with one attached hydrogen (secondary N) is 1. The van der Waals surface area contributed by atoms with Crippen molar-refractivity contribution in [2.24, 2.45) is 0 Å². The molecule has 1 aromatic heterocycles. The fourth-order valence-electron chi connectivity index (χ4n) is 2.49. The van der Waals surface area contributed by atoms with Crippen molar-refractivity contribution in [1.29, 1.82) is 0 Å². The Bertz CT molecular complexity index is 783. The minimum atomic E-state index is -0.568. The average molecular weight is 339 g/mol. The summed E-state index contributed by atoms with van der Waals surface area (Å²) < 4.78 is 1.87. The van der Waals surface area contributed by atoms with Crippen LogP contribution in [0.4, 0.5) is 0 Å². The predicted octanol–water partition coefficient (Wildman–Crippen LogP) is 3.43. The van der Waals surface area contributed by atoms with Gasteiger partial charge < -0.3 is 5.32 Å². The van der Waals surface area contributed by atoms with E-state index in [9.17, 15) is 4.79 Å². The van der Waals surface area contributed by atoms with E-state index in [4.69, 9.17) is 12.2 Å². The number of thiocarbonyl (C=S) groups is 1. The van der Waals surface area contributed by atoms with Gasteiger partial charge in [0, 0.05) is 23.7 Å². The van der Waals surface area contributed by atoms with Gasteiger partial charge in [0.1, 0.15) is 0 Å². The largest absolute Gasteiger partial charge is 0.370 e. The first-order chi connectivity index (χ1) is 11.4. The SMILES string of the molecule is C=CCNC(=S)[C@@H](C(=O)c1ccc(C)c(C)c1)[n+]1cccc(C)c1. The van der Waals surface area contributed by atoms with Crippen LogP contribution in [0.3, 0.4) is 0 Å². The minimum absolute atomic E-state index is 0.0183. The van der Waals surface area contributed by atoms with E-state index in [2.05, 4.69) is 11.9 Å². The van der Waals surface area contributed by atoms with Crippen molar-refractivity contribution in [2.75, 3.05) is 6.54 Å². The molecule has 0 unspecified atom stereocenters. The number of benzene rings is 1. The van der Waals surface area contributed by atoms with Gasteiger partial charge in [-0.1, -0.05) is 30.4 Å². The zero-order valence-corrected chi connectivity index (χ0v) is 15.2. The topological polar surface area (TPSA) is 33.0 Å². The molecule has 1 N–H and O–H groups in total. The Morgan fingerprint density at radius 2 is 2.04 bits per heavy atom. The van der Waals surface area contributed by atoms with Crippen LogP contribution in [0.2, 0.25) is 0 Å². The third kappa shape index (κ3) is 4.15. The second kappa shape index (κ2) is 7.97. The number of Topliss-reactive ketones (excluding diaryl/α,β-unsaturated/α-hetero) is 1. The Kier molecular flexibility index (Phi) is 5.99. The molecule has 0 fully saturated rings. The summed E-state index contributed by atoms with van der Waals surface area (Å²) in [7, 11) is 0. The Balaban J connectivity index is 2.44. The molecule has 0 bridgehead atoms. The number of aryl methyl sites for hydroxylation is 3. The maximum absolute atomic E-state index is 13.2. The molecular formula is C20H23N2OS+. The van der Waals surface area contributed by atoms with Crippen molar-refractivity contribution in [2.45, 2.75) is 26.8 Å². The lowest BCUT2D eigenvalue weighted by Crippen LogP contribution is -2.51. The van der Waals surface area contributed by atoms with Crippen LogP contribution in [0, 0.1) is 20.8 Å². The van der Waals surface area contributed by atoms with Gasteiger partial charge >= 0.3 is 0 Å². The van der Waals surface area contributed by atoms with E-state index in [1.165, 1.54) is 5.56 Å². The number of hydrogen-bond donors (Lipinski definition) is 1. The number of ketones is 1. The monoisotopic (exact) mass is 339 g/mol. The van der Waals surface area contributed by atoms with Gasteiger partial charge in [0.2, 0.25) is 5.78 Å².